The van der Waals surface area contributed by atoms with Crippen molar-refractivity contribution in [2.75, 3.05) is 0 Å². The Morgan fingerprint density at radius 2 is 1.80 bits per heavy atom. The van der Waals surface area contributed by atoms with Crippen LogP contribution in [0, 0.1) is 0 Å². The first kappa shape index (κ1) is 9.97. The van der Waals surface area contributed by atoms with Crippen LogP contribution in [-0.4, -0.2) is 0 Å². The molecular weight excluding hydrogens is 180 g/mol. The molecule has 0 nitrogen and oxygen atoms in total. The van der Waals surface area contributed by atoms with Gasteiger partial charge in [0, 0.05) is 0 Å². The highest BCUT2D eigenvalue weighted by Crippen LogP contribution is 2.19. The fourth-order valence-corrected chi connectivity index (χ4v) is 1.88. The molecule has 15 heavy (non-hydrogen) atoms. The zero-order valence-corrected chi connectivity index (χ0v) is 9.16. The monoisotopic (exact) mass is 196 g/mol. The van der Waals surface area contributed by atoms with E-state index in [4.69, 9.17) is 0 Å². The molecule has 2 aromatic rings. The molecule has 0 heteroatoms. The predicted molar refractivity (Wildman–Crippen MR) is 68.0 cm³/mol. The Morgan fingerprint density at radius 3 is 2.53 bits per heavy atom. The van der Waals surface area contributed by atoms with Crippen molar-refractivity contribution in [2.45, 2.75) is 19.8 Å². The lowest BCUT2D eigenvalue weighted by Crippen LogP contribution is -1.83. The van der Waals surface area contributed by atoms with Crippen molar-refractivity contribution in [3.8, 4) is 0 Å². The van der Waals surface area contributed by atoms with Crippen LogP contribution < -0.4 is 0 Å². The molecule has 76 valence electrons. The highest BCUT2D eigenvalue weighted by Gasteiger charge is 1.96. The van der Waals surface area contributed by atoms with E-state index in [9.17, 15) is 0 Å². The summed E-state index contributed by atoms with van der Waals surface area (Å²) in [5, 5.41) is 2.62. The smallest absolute Gasteiger partial charge is 0.0178 e. The predicted octanol–water partition coefficient (Wildman–Crippen LogP) is 4.44. The summed E-state index contributed by atoms with van der Waals surface area (Å²) in [6.45, 7) is 6.00. The van der Waals surface area contributed by atoms with E-state index >= 15 is 0 Å². The summed E-state index contributed by atoms with van der Waals surface area (Å²) in [5.41, 5.74) is 2.61. The first-order valence-electron chi connectivity index (χ1n) is 5.48. The lowest BCUT2D eigenvalue weighted by Gasteiger charge is -2.03. The van der Waals surface area contributed by atoms with Gasteiger partial charge in [0.2, 0.25) is 0 Å². The van der Waals surface area contributed by atoms with Gasteiger partial charge in [-0.3, -0.25) is 0 Å². The Hall–Kier alpha value is -1.56. The topological polar surface area (TPSA) is 0 Å². The maximum atomic E-state index is 3.78. The Kier molecular flexibility index (Phi) is 2.86. The minimum Gasteiger partial charge on any atom is -0.0985 e. The minimum atomic E-state index is 1.17. The van der Waals surface area contributed by atoms with Gasteiger partial charge in [-0.05, 0) is 34.4 Å². The van der Waals surface area contributed by atoms with Crippen molar-refractivity contribution in [1.29, 1.82) is 0 Å². The van der Waals surface area contributed by atoms with Gasteiger partial charge in [0.1, 0.15) is 0 Å². The standard InChI is InChI=1S/C15H16/c1-3-5-13-7-9-14-10-12(4-2)6-8-15(14)11-13/h4,6-11H,2-3,5H2,1H3. The molecule has 0 aliphatic rings. The number of rotatable bonds is 3. The Bertz CT molecular complexity index is 480. The van der Waals surface area contributed by atoms with Crippen LogP contribution in [0.3, 0.4) is 0 Å². The molecule has 0 bridgehead atoms. The van der Waals surface area contributed by atoms with E-state index in [0.29, 0.717) is 0 Å². The van der Waals surface area contributed by atoms with Crippen molar-refractivity contribution in [2.24, 2.45) is 0 Å². The summed E-state index contributed by atoms with van der Waals surface area (Å²) in [6.07, 6.45) is 4.26. The second-order valence-corrected chi connectivity index (χ2v) is 3.90. The van der Waals surface area contributed by atoms with Crippen LogP contribution in [0.4, 0.5) is 0 Å². The molecule has 2 aromatic carbocycles. The van der Waals surface area contributed by atoms with Gasteiger partial charge in [0.25, 0.3) is 0 Å². The van der Waals surface area contributed by atoms with Gasteiger partial charge in [0.15, 0.2) is 0 Å². The van der Waals surface area contributed by atoms with E-state index in [-0.39, 0.29) is 0 Å². The van der Waals surface area contributed by atoms with Crippen LogP contribution in [0.1, 0.15) is 24.5 Å². The summed E-state index contributed by atoms with van der Waals surface area (Å²) in [7, 11) is 0. The molecule has 0 heterocycles. The molecule has 0 spiro atoms. The Labute approximate surface area is 91.2 Å². The lowest BCUT2D eigenvalue weighted by atomic mass is 10.0. The van der Waals surface area contributed by atoms with Crippen molar-refractivity contribution in [1.82, 2.24) is 0 Å². The number of hydrogen-bond acceptors (Lipinski definition) is 0. The molecule has 0 amide bonds. The van der Waals surface area contributed by atoms with E-state index < -0.39 is 0 Å². The van der Waals surface area contributed by atoms with E-state index in [1.54, 1.807) is 0 Å². The van der Waals surface area contributed by atoms with Gasteiger partial charge in [-0.25, -0.2) is 0 Å². The molecule has 0 radical (unpaired) electrons. The van der Waals surface area contributed by atoms with Crippen LogP contribution in [0.25, 0.3) is 16.8 Å². The van der Waals surface area contributed by atoms with Gasteiger partial charge in [0.05, 0.1) is 0 Å². The lowest BCUT2D eigenvalue weighted by molar-refractivity contribution is 0.924. The molecule has 0 atom stereocenters. The SMILES string of the molecule is C=Cc1ccc2cc(CCC)ccc2c1. The highest BCUT2D eigenvalue weighted by atomic mass is 14.0. The van der Waals surface area contributed by atoms with E-state index in [1.165, 1.54) is 34.7 Å². The number of hydrogen-bond donors (Lipinski definition) is 0. The zero-order valence-electron chi connectivity index (χ0n) is 9.16. The van der Waals surface area contributed by atoms with Crippen molar-refractivity contribution in [3.05, 3.63) is 54.1 Å². The van der Waals surface area contributed by atoms with E-state index in [2.05, 4.69) is 49.9 Å². The molecule has 0 saturated heterocycles. The fourth-order valence-electron chi connectivity index (χ4n) is 1.88. The fraction of sp³-hybridized carbons (Fsp3) is 0.200. The van der Waals surface area contributed by atoms with E-state index in [1.807, 2.05) is 6.08 Å². The van der Waals surface area contributed by atoms with E-state index in [0.717, 1.165) is 0 Å². The Morgan fingerprint density at radius 1 is 1.07 bits per heavy atom. The number of aryl methyl sites for hydroxylation is 1. The summed E-state index contributed by atoms with van der Waals surface area (Å²) in [6, 6.07) is 13.2. The quantitative estimate of drug-likeness (QED) is 0.681. The van der Waals surface area contributed by atoms with Crippen LogP contribution in [-0.2, 0) is 6.42 Å². The molecule has 0 aliphatic carbocycles. The third-order valence-corrected chi connectivity index (χ3v) is 2.70. The Balaban J connectivity index is 2.49. The van der Waals surface area contributed by atoms with Crippen LogP contribution in [0.15, 0.2) is 43.0 Å². The third-order valence-electron chi connectivity index (χ3n) is 2.70. The van der Waals surface area contributed by atoms with Crippen molar-refractivity contribution < 1.29 is 0 Å². The van der Waals surface area contributed by atoms with Crippen molar-refractivity contribution in [3.63, 3.8) is 0 Å². The van der Waals surface area contributed by atoms with Crippen LogP contribution >= 0.6 is 0 Å². The molecule has 0 N–H and O–H groups in total. The normalized spacial score (nSPS) is 10.5. The maximum absolute atomic E-state index is 3.78. The van der Waals surface area contributed by atoms with Gasteiger partial charge >= 0.3 is 0 Å². The minimum absolute atomic E-state index is 1.17. The average molecular weight is 196 g/mol. The molecule has 0 aromatic heterocycles. The first-order chi connectivity index (χ1) is 7.33. The summed E-state index contributed by atoms with van der Waals surface area (Å²) < 4.78 is 0. The van der Waals surface area contributed by atoms with Gasteiger partial charge < -0.3 is 0 Å². The molecule has 0 saturated carbocycles. The number of fused-ring (bicyclic) bond motifs is 1. The molecule has 2 rings (SSSR count). The van der Waals surface area contributed by atoms with Crippen molar-refractivity contribution >= 4 is 16.8 Å². The first-order valence-corrected chi connectivity index (χ1v) is 5.48. The highest BCUT2D eigenvalue weighted by molar-refractivity contribution is 5.85. The maximum Gasteiger partial charge on any atom is -0.0178 e. The summed E-state index contributed by atoms with van der Waals surface area (Å²) in [5.74, 6) is 0. The van der Waals surface area contributed by atoms with Gasteiger partial charge in [-0.1, -0.05) is 56.3 Å². The largest absolute Gasteiger partial charge is 0.0985 e. The molecule has 0 fully saturated rings. The second-order valence-electron chi connectivity index (χ2n) is 3.90. The third kappa shape index (κ3) is 2.10. The average Bonchev–Trinajstić information content (AvgIpc) is 2.29. The number of benzene rings is 2. The second kappa shape index (κ2) is 4.31. The zero-order chi connectivity index (χ0) is 10.7. The summed E-state index contributed by atoms with van der Waals surface area (Å²) >= 11 is 0. The van der Waals surface area contributed by atoms with Crippen LogP contribution in [0.2, 0.25) is 0 Å². The van der Waals surface area contributed by atoms with Gasteiger partial charge in [-0.2, -0.15) is 0 Å². The van der Waals surface area contributed by atoms with Crippen LogP contribution in [0.5, 0.6) is 0 Å². The summed E-state index contributed by atoms with van der Waals surface area (Å²) in [4.78, 5) is 0. The molecule has 0 unspecified atom stereocenters. The van der Waals surface area contributed by atoms with Gasteiger partial charge in [-0.15, -0.1) is 0 Å². The molecular formula is C15H16. The molecule has 0 aliphatic heterocycles.